The van der Waals surface area contributed by atoms with Crippen molar-refractivity contribution in [2.45, 2.75) is 12.0 Å². The summed E-state index contributed by atoms with van der Waals surface area (Å²) in [6, 6.07) is 15.1. The SMILES string of the molecule is C#CCC(O)(c1ccc(Br)cc1)c1ccc(Br)cc1. The molecule has 0 aliphatic heterocycles. The van der Waals surface area contributed by atoms with Crippen molar-refractivity contribution in [2.24, 2.45) is 0 Å². The van der Waals surface area contributed by atoms with Crippen LogP contribution in [0.15, 0.2) is 57.5 Å². The van der Waals surface area contributed by atoms with Gasteiger partial charge in [-0.3, -0.25) is 0 Å². The molecule has 1 nitrogen and oxygen atoms in total. The van der Waals surface area contributed by atoms with E-state index in [-0.39, 0.29) is 6.42 Å². The summed E-state index contributed by atoms with van der Waals surface area (Å²) < 4.78 is 1.94. The predicted molar refractivity (Wildman–Crippen MR) is 84.7 cm³/mol. The number of rotatable bonds is 3. The topological polar surface area (TPSA) is 20.2 Å². The summed E-state index contributed by atoms with van der Waals surface area (Å²) in [5.41, 5.74) is 0.419. The Hall–Kier alpha value is -1.08. The Balaban J connectivity index is 2.51. The quantitative estimate of drug-likeness (QED) is 0.780. The zero-order chi connectivity index (χ0) is 13.9. The lowest BCUT2D eigenvalue weighted by Gasteiger charge is -2.27. The van der Waals surface area contributed by atoms with Crippen molar-refractivity contribution < 1.29 is 5.11 Å². The molecule has 0 spiro atoms. The van der Waals surface area contributed by atoms with E-state index in [1.54, 1.807) is 0 Å². The maximum Gasteiger partial charge on any atom is 0.125 e. The second kappa shape index (κ2) is 5.92. The first-order valence-corrected chi connectivity index (χ1v) is 7.33. The Morgan fingerprint density at radius 1 is 0.895 bits per heavy atom. The van der Waals surface area contributed by atoms with Gasteiger partial charge >= 0.3 is 0 Å². The van der Waals surface area contributed by atoms with Crippen molar-refractivity contribution in [1.82, 2.24) is 0 Å². The molecule has 0 unspecified atom stereocenters. The zero-order valence-electron chi connectivity index (χ0n) is 10.1. The highest BCUT2D eigenvalue weighted by Crippen LogP contribution is 2.34. The monoisotopic (exact) mass is 378 g/mol. The average molecular weight is 380 g/mol. The van der Waals surface area contributed by atoms with E-state index < -0.39 is 5.60 Å². The van der Waals surface area contributed by atoms with Crippen molar-refractivity contribution in [3.05, 3.63) is 68.6 Å². The van der Waals surface area contributed by atoms with Gasteiger partial charge in [-0.15, -0.1) is 12.3 Å². The molecule has 0 fully saturated rings. The van der Waals surface area contributed by atoms with Gasteiger partial charge in [-0.05, 0) is 35.4 Å². The molecule has 3 heteroatoms. The zero-order valence-corrected chi connectivity index (χ0v) is 13.3. The van der Waals surface area contributed by atoms with Crippen LogP contribution < -0.4 is 0 Å². The van der Waals surface area contributed by atoms with E-state index in [0.29, 0.717) is 0 Å². The summed E-state index contributed by atoms with van der Waals surface area (Å²) in [5, 5.41) is 11.0. The van der Waals surface area contributed by atoms with Crippen LogP contribution in [-0.2, 0) is 5.60 Å². The second-order valence-electron chi connectivity index (χ2n) is 4.25. The molecule has 0 heterocycles. The van der Waals surface area contributed by atoms with Gasteiger partial charge in [0.05, 0.1) is 0 Å². The van der Waals surface area contributed by atoms with Crippen LogP contribution in [0.3, 0.4) is 0 Å². The Bertz CT molecular complexity index is 549. The Kier molecular flexibility index (Phi) is 4.46. The first kappa shape index (κ1) is 14.3. The molecule has 2 aromatic carbocycles. The number of hydrogen-bond acceptors (Lipinski definition) is 1. The molecular formula is C16H12Br2O. The van der Waals surface area contributed by atoms with Crippen molar-refractivity contribution in [3.63, 3.8) is 0 Å². The van der Waals surface area contributed by atoms with Gasteiger partial charge in [0.1, 0.15) is 5.60 Å². The summed E-state index contributed by atoms with van der Waals surface area (Å²) in [4.78, 5) is 0. The number of terminal acetylenes is 1. The fraction of sp³-hybridized carbons (Fsp3) is 0.125. The highest BCUT2D eigenvalue weighted by atomic mass is 79.9. The van der Waals surface area contributed by atoms with E-state index in [4.69, 9.17) is 6.42 Å². The lowest BCUT2D eigenvalue weighted by atomic mass is 9.84. The molecule has 0 aliphatic rings. The largest absolute Gasteiger partial charge is 0.379 e. The minimum atomic E-state index is -1.16. The van der Waals surface area contributed by atoms with Crippen LogP contribution in [0, 0.1) is 12.3 Å². The smallest absolute Gasteiger partial charge is 0.125 e. The van der Waals surface area contributed by atoms with Gasteiger partial charge in [0.15, 0.2) is 0 Å². The molecule has 0 atom stereocenters. The van der Waals surface area contributed by atoms with E-state index in [1.165, 1.54) is 0 Å². The van der Waals surface area contributed by atoms with Crippen LogP contribution in [0.2, 0.25) is 0 Å². The maximum absolute atomic E-state index is 11.0. The molecule has 19 heavy (non-hydrogen) atoms. The van der Waals surface area contributed by atoms with Gasteiger partial charge in [0.2, 0.25) is 0 Å². The van der Waals surface area contributed by atoms with E-state index in [9.17, 15) is 5.11 Å². The van der Waals surface area contributed by atoms with Gasteiger partial charge in [0.25, 0.3) is 0 Å². The number of aliphatic hydroxyl groups is 1. The van der Waals surface area contributed by atoms with E-state index in [2.05, 4.69) is 37.8 Å². The highest BCUT2D eigenvalue weighted by Gasteiger charge is 2.30. The summed E-state index contributed by atoms with van der Waals surface area (Å²) in [7, 11) is 0. The van der Waals surface area contributed by atoms with E-state index in [0.717, 1.165) is 20.1 Å². The number of halogens is 2. The predicted octanol–water partition coefficient (Wildman–Crippen LogP) is 4.47. The molecular weight excluding hydrogens is 368 g/mol. The Labute approximate surface area is 129 Å². The Morgan fingerprint density at radius 2 is 1.26 bits per heavy atom. The molecule has 0 saturated heterocycles. The van der Waals surface area contributed by atoms with Gasteiger partial charge in [-0.1, -0.05) is 56.1 Å². The van der Waals surface area contributed by atoms with Crippen molar-refractivity contribution in [1.29, 1.82) is 0 Å². The van der Waals surface area contributed by atoms with Gasteiger partial charge in [0, 0.05) is 15.4 Å². The van der Waals surface area contributed by atoms with Gasteiger partial charge in [-0.25, -0.2) is 0 Å². The minimum absolute atomic E-state index is 0.232. The number of hydrogen-bond donors (Lipinski definition) is 1. The molecule has 96 valence electrons. The third kappa shape index (κ3) is 3.09. The standard InChI is InChI=1S/C16H12Br2O/c1-2-11-16(19,12-3-7-14(17)8-4-12)13-5-9-15(18)10-6-13/h1,3-10,19H,11H2. The van der Waals surface area contributed by atoms with E-state index in [1.807, 2.05) is 48.5 Å². The molecule has 2 rings (SSSR count). The molecule has 0 amide bonds. The van der Waals surface area contributed by atoms with Crippen LogP contribution in [-0.4, -0.2) is 5.11 Å². The fourth-order valence-electron chi connectivity index (χ4n) is 1.97. The third-order valence-electron chi connectivity index (χ3n) is 3.00. The fourth-order valence-corrected chi connectivity index (χ4v) is 2.50. The summed E-state index contributed by atoms with van der Waals surface area (Å²) in [6.07, 6.45) is 5.65. The second-order valence-corrected chi connectivity index (χ2v) is 6.09. The summed E-state index contributed by atoms with van der Waals surface area (Å²) >= 11 is 6.78. The van der Waals surface area contributed by atoms with Crippen molar-refractivity contribution in [3.8, 4) is 12.3 Å². The molecule has 2 aromatic rings. The molecule has 0 bridgehead atoms. The first-order valence-electron chi connectivity index (χ1n) is 5.74. The van der Waals surface area contributed by atoms with Crippen LogP contribution in [0.4, 0.5) is 0 Å². The maximum atomic E-state index is 11.0. The van der Waals surface area contributed by atoms with E-state index >= 15 is 0 Å². The third-order valence-corrected chi connectivity index (χ3v) is 4.06. The first-order chi connectivity index (χ1) is 9.06. The molecule has 0 saturated carbocycles. The number of benzene rings is 2. The molecule has 0 aromatic heterocycles. The normalized spacial score (nSPS) is 11.1. The van der Waals surface area contributed by atoms with Gasteiger partial charge < -0.3 is 5.11 Å². The van der Waals surface area contributed by atoms with Crippen LogP contribution in [0.25, 0.3) is 0 Å². The molecule has 1 N–H and O–H groups in total. The lowest BCUT2D eigenvalue weighted by Crippen LogP contribution is -2.26. The summed E-state index contributed by atoms with van der Waals surface area (Å²) in [6.45, 7) is 0. The van der Waals surface area contributed by atoms with Crippen LogP contribution in [0.5, 0.6) is 0 Å². The van der Waals surface area contributed by atoms with Gasteiger partial charge in [-0.2, -0.15) is 0 Å². The van der Waals surface area contributed by atoms with Crippen molar-refractivity contribution in [2.75, 3.05) is 0 Å². The Morgan fingerprint density at radius 3 is 1.58 bits per heavy atom. The summed E-state index contributed by atoms with van der Waals surface area (Å²) in [5.74, 6) is 2.56. The van der Waals surface area contributed by atoms with Crippen LogP contribution in [0.1, 0.15) is 17.5 Å². The van der Waals surface area contributed by atoms with Crippen LogP contribution >= 0.6 is 31.9 Å². The highest BCUT2D eigenvalue weighted by molar-refractivity contribution is 9.10. The lowest BCUT2D eigenvalue weighted by molar-refractivity contribution is 0.0865. The van der Waals surface area contributed by atoms with Crippen molar-refractivity contribution >= 4 is 31.9 Å². The minimum Gasteiger partial charge on any atom is -0.379 e. The average Bonchev–Trinajstić information content (AvgIpc) is 2.40. The molecule has 0 aliphatic carbocycles. The molecule has 0 radical (unpaired) electrons.